The fourth-order valence-electron chi connectivity index (χ4n) is 1.33. The van der Waals surface area contributed by atoms with Crippen molar-refractivity contribution in [1.82, 2.24) is 0 Å². The molecule has 0 unspecified atom stereocenters. The number of hydrogen-bond donors (Lipinski definition) is 1. The Morgan fingerprint density at radius 2 is 2.20 bits per heavy atom. The summed E-state index contributed by atoms with van der Waals surface area (Å²) in [5, 5.41) is 8.86. The number of carbonyl (C=O) groups is 1. The molecule has 80 valence electrons. The van der Waals surface area contributed by atoms with E-state index in [1.165, 1.54) is 7.11 Å². The summed E-state index contributed by atoms with van der Waals surface area (Å²) in [6.45, 7) is 5.54. The maximum atomic E-state index is 10.8. The molecule has 15 heavy (non-hydrogen) atoms. The molecule has 0 saturated carbocycles. The zero-order valence-electron chi connectivity index (χ0n) is 8.91. The molecule has 3 nitrogen and oxygen atoms in total. The molecule has 0 aliphatic rings. The van der Waals surface area contributed by atoms with Crippen LogP contribution in [0.25, 0.3) is 5.57 Å². The Kier molecular flexibility index (Phi) is 3.50. The Labute approximate surface area is 89.0 Å². The highest BCUT2D eigenvalue weighted by molar-refractivity contribution is 6.15. The van der Waals surface area contributed by atoms with Crippen molar-refractivity contribution in [3.63, 3.8) is 0 Å². The van der Waals surface area contributed by atoms with E-state index in [0.717, 1.165) is 12.0 Å². The maximum Gasteiger partial charge on any atom is 0.335 e. The van der Waals surface area contributed by atoms with Crippen LogP contribution in [0.1, 0.15) is 18.1 Å². The second kappa shape index (κ2) is 4.64. The van der Waals surface area contributed by atoms with Crippen molar-refractivity contribution >= 4 is 11.5 Å². The van der Waals surface area contributed by atoms with Gasteiger partial charge in [0.05, 0.1) is 12.7 Å². The standard InChI is InChI=1S/C12H14O3/c1-4-9-5-6-11(15-3)10(7-9)8(2)12(13)14/h5-7H,2,4H2,1,3H3,(H,13,14). The van der Waals surface area contributed by atoms with Gasteiger partial charge in [-0.25, -0.2) is 4.79 Å². The molecule has 0 fully saturated rings. The quantitative estimate of drug-likeness (QED) is 0.769. The number of carboxylic acids is 1. The minimum absolute atomic E-state index is 0.0575. The average molecular weight is 206 g/mol. The summed E-state index contributed by atoms with van der Waals surface area (Å²) in [5.41, 5.74) is 1.67. The fourth-order valence-corrected chi connectivity index (χ4v) is 1.33. The average Bonchev–Trinajstić information content (AvgIpc) is 2.27. The molecule has 0 bridgehead atoms. The lowest BCUT2D eigenvalue weighted by Crippen LogP contribution is -2.01. The van der Waals surface area contributed by atoms with Gasteiger partial charge in [-0.05, 0) is 24.1 Å². The first-order valence-corrected chi connectivity index (χ1v) is 4.69. The number of carboxylic acid groups (broad SMARTS) is 1. The number of ether oxygens (including phenoxy) is 1. The third-order valence-electron chi connectivity index (χ3n) is 2.26. The van der Waals surface area contributed by atoms with Gasteiger partial charge in [0.15, 0.2) is 0 Å². The first kappa shape index (κ1) is 11.3. The van der Waals surface area contributed by atoms with Crippen molar-refractivity contribution in [3.8, 4) is 5.75 Å². The molecule has 1 aromatic rings. The maximum absolute atomic E-state index is 10.8. The van der Waals surface area contributed by atoms with Crippen molar-refractivity contribution < 1.29 is 14.6 Å². The topological polar surface area (TPSA) is 46.5 Å². The Hall–Kier alpha value is -1.77. The second-order valence-electron chi connectivity index (χ2n) is 3.17. The SMILES string of the molecule is C=C(C(=O)O)c1cc(CC)ccc1OC. The van der Waals surface area contributed by atoms with E-state index >= 15 is 0 Å². The van der Waals surface area contributed by atoms with Crippen molar-refractivity contribution in [2.45, 2.75) is 13.3 Å². The number of hydrogen-bond acceptors (Lipinski definition) is 2. The molecule has 1 aromatic carbocycles. The number of aryl methyl sites for hydroxylation is 1. The van der Waals surface area contributed by atoms with Crippen molar-refractivity contribution in [1.29, 1.82) is 0 Å². The van der Waals surface area contributed by atoms with E-state index in [2.05, 4.69) is 6.58 Å². The molecule has 0 atom stereocenters. The Morgan fingerprint density at radius 1 is 1.53 bits per heavy atom. The van der Waals surface area contributed by atoms with Crippen LogP contribution < -0.4 is 4.74 Å². The molecular weight excluding hydrogens is 192 g/mol. The molecule has 0 amide bonds. The first-order valence-electron chi connectivity index (χ1n) is 4.69. The monoisotopic (exact) mass is 206 g/mol. The Morgan fingerprint density at radius 3 is 2.67 bits per heavy atom. The minimum Gasteiger partial charge on any atom is -0.496 e. The van der Waals surface area contributed by atoms with Crippen LogP contribution >= 0.6 is 0 Å². The van der Waals surface area contributed by atoms with Crippen LogP contribution in [-0.2, 0) is 11.2 Å². The van der Waals surface area contributed by atoms with Crippen LogP contribution in [-0.4, -0.2) is 18.2 Å². The van der Waals surface area contributed by atoms with E-state index in [9.17, 15) is 4.79 Å². The Balaban J connectivity index is 3.23. The van der Waals surface area contributed by atoms with Gasteiger partial charge in [0.1, 0.15) is 5.75 Å². The Bertz CT molecular complexity index is 394. The summed E-state index contributed by atoms with van der Waals surface area (Å²) in [7, 11) is 1.51. The van der Waals surface area contributed by atoms with Gasteiger partial charge in [0, 0.05) is 5.56 Å². The van der Waals surface area contributed by atoms with Crippen molar-refractivity contribution in [2.75, 3.05) is 7.11 Å². The van der Waals surface area contributed by atoms with Gasteiger partial charge in [-0.3, -0.25) is 0 Å². The predicted molar refractivity (Wildman–Crippen MR) is 59.0 cm³/mol. The van der Waals surface area contributed by atoms with Crippen LogP contribution in [0.2, 0.25) is 0 Å². The highest BCUT2D eigenvalue weighted by Gasteiger charge is 2.13. The molecule has 0 saturated heterocycles. The molecule has 0 radical (unpaired) electrons. The smallest absolute Gasteiger partial charge is 0.335 e. The molecule has 0 aliphatic heterocycles. The summed E-state index contributed by atoms with van der Waals surface area (Å²) in [6, 6.07) is 5.48. The number of benzene rings is 1. The summed E-state index contributed by atoms with van der Waals surface area (Å²) in [5.74, 6) is -0.485. The molecular formula is C12H14O3. The molecule has 0 heterocycles. The first-order chi connectivity index (χ1) is 7.10. The second-order valence-corrected chi connectivity index (χ2v) is 3.17. The van der Waals surface area contributed by atoms with Crippen molar-refractivity contribution in [2.24, 2.45) is 0 Å². The summed E-state index contributed by atoms with van der Waals surface area (Å²) < 4.78 is 5.09. The lowest BCUT2D eigenvalue weighted by Gasteiger charge is -2.09. The molecule has 1 rings (SSSR count). The zero-order chi connectivity index (χ0) is 11.4. The number of methoxy groups -OCH3 is 1. The molecule has 0 spiro atoms. The summed E-state index contributed by atoms with van der Waals surface area (Å²) in [6.07, 6.45) is 0.851. The van der Waals surface area contributed by atoms with E-state index in [1.807, 2.05) is 13.0 Å². The van der Waals surface area contributed by atoms with Crippen LogP contribution in [0.15, 0.2) is 24.8 Å². The molecule has 3 heteroatoms. The predicted octanol–water partition coefficient (Wildman–Crippen LogP) is 2.36. The van der Waals surface area contributed by atoms with E-state index in [1.54, 1.807) is 12.1 Å². The minimum atomic E-state index is -1.03. The number of rotatable bonds is 4. The van der Waals surface area contributed by atoms with Crippen LogP contribution in [0, 0.1) is 0 Å². The lowest BCUT2D eigenvalue weighted by atomic mass is 10.0. The van der Waals surface area contributed by atoms with Crippen LogP contribution in [0.4, 0.5) is 0 Å². The summed E-state index contributed by atoms with van der Waals surface area (Å²) >= 11 is 0. The van der Waals surface area contributed by atoms with E-state index in [0.29, 0.717) is 11.3 Å². The van der Waals surface area contributed by atoms with Gasteiger partial charge in [-0.15, -0.1) is 0 Å². The van der Waals surface area contributed by atoms with Gasteiger partial charge < -0.3 is 9.84 Å². The largest absolute Gasteiger partial charge is 0.496 e. The van der Waals surface area contributed by atoms with Gasteiger partial charge in [0.2, 0.25) is 0 Å². The summed E-state index contributed by atoms with van der Waals surface area (Å²) in [4.78, 5) is 10.8. The zero-order valence-corrected chi connectivity index (χ0v) is 8.91. The third kappa shape index (κ3) is 2.37. The van der Waals surface area contributed by atoms with Crippen LogP contribution in [0.5, 0.6) is 5.75 Å². The van der Waals surface area contributed by atoms with E-state index in [-0.39, 0.29) is 5.57 Å². The third-order valence-corrected chi connectivity index (χ3v) is 2.26. The fraction of sp³-hybridized carbons (Fsp3) is 0.250. The number of aliphatic carboxylic acids is 1. The van der Waals surface area contributed by atoms with Gasteiger partial charge in [-0.1, -0.05) is 19.6 Å². The molecule has 0 aromatic heterocycles. The van der Waals surface area contributed by atoms with Gasteiger partial charge >= 0.3 is 5.97 Å². The molecule has 1 N–H and O–H groups in total. The van der Waals surface area contributed by atoms with E-state index in [4.69, 9.17) is 9.84 Å². The molecule has 0 aliphatic carbocycles. The lowest BCUT2D eigenvalue weighted by molar-refractivity contribution is -0.130. The van der Waals surface area contributed by atoms with E-state index < -0.39 is 5.97 Å². The van der Waals surface area contributed by atoms with Gasteiger partial charge in [0.25, 0.3) is 0 Å². The van der Waals surface area contributed by atoms with Gasteiger partial charge in [-0.2, -0.15) is 0 Å². The van der Waals surface area contributed by atoms with Crippen molar-refractivity contribution in [3.05, 3.63) is 35.9 Å². The highest BCUT2D eigenvalue weighted by Crippen LogP contribution is 2.26. The highest BCUT2D eigenvalue weighted by atomic mass is 16.5. The van der Waals surface area contributed by atoms with Crippen LogP contribution in [0.3, 0.4) is 0 Å². The normalized spacial score (nSPS) is 9.73.